The van der Waals surface area contributed by atoms with Gasteiger partial charge in [0.05, 0.1) is 18.1 Å². The lowest BCUT2D eigenvalue weighted by molar-refractivity contribution is -0.132. The lowest BCUT2D eigenvalue weighted by Crippen LogP contribution is -2.53. The molecule has 0 spiro atoms. The fraction of sp³-hybridized carbons (Fsp3) is 0.450. The summed E-state index contributed by atoms with van der Waals surface area (Å²) >= 11 is 7.65. The van der Waals surface area contributed by atoms with Gasteiger partial charge in [-0.15, -0.1) is 11.3 Å². The summed E-state index contributed by atoms with van der Waals surface area (Å²) in [5.41, 5.74) is 0. The van der Waals surface area contributed by atoms with Gasteiger partial charge in [-0.1, -0.05) is 29.8 Å². The van der Waals surface area contributed by atoms with E-state index in [2.05, 4.69) is 15.5 Å². The molecule has 2 heterocycles. The number of nitrogens with one attached hydrogen (secondary N) is 2. The average molecular weight is 435 g/mol. The zero-order valence-corrected chi connectivity index (χ0v) is 17.5. The molecule has 1 aromatic heterocycles. The van der Waals surface area contributed by atoms with Gasteiger partial charge in [0.25, 0.3) is 5.91 Å². The van der Waals surface area contributed by atoms with Crippen molar-refractivity contribution in [1.82, 2.24) is 20.4 Å². The maximum absolute atomic E-state index is 12.5. The molecule has 0 atom stereocenters. The van der Waals surface area contributed by atoms with Gasteiger partial charge in [-0.2, -0.15) is 0 Å². The van der Waals surface area contributed by atoms with Crippen molar-refractivity contribution >= 4 is 50.7 Å². The van der Waals surface area contributed by atoms with Crippen LogP contribution in [0.25, 0.3) is 10.1 Å². The van der Waals surface area contributed by atoms with Gasteiger partial charge in [0.1, 0.15) is 4.88 Å². The van der Waals surface area contributed by atoms with E-state index >= 15 is 0 Å². The number of piperazine rings is 1. The summed E-state index contributed by atoms with van der Waals surface area (Å²) in [5.74, 6) is -0.405. The van der Waals surface area contributed by atoms with Gasteiger partial charge in [-0.25, -0.2) is 0 Å². The van der Waals surface area contributed by atoms with Crippen molar-refractivity contribution in [2.75, 3.05) is 39.3 Å². The van der Waals surface area contributed by atoms with Crippen molar-refractivity contribution in [2.24, 2.45) is 0 Å². The first kappa shape index (κ1) is 20.1. The first-order valence-corrected chi connectivity index (χ1v) is 11.0. The van der Waals surface area contributed by atoms with Gasteiger partial charge in [-0.3, -0.25) is 19.3 Å². The fourth-order valence-corrected chi connectivity index (χ4v) is 4.80. The summed E-state index contributed by atoms with van der Waals surface area (Å²) in [4.78, 5) is 41.0. The third kappa shape index (κ3) is 4.88. The first-order chi connectivity index (χ1) is 14.0. The highest BCUT2D eigenvalue weighted by atomic mass is 35.5. The third-order valence-corrected chi connectivity index (χ3v) is 6.85. The van der Waals surface area contributed by atoms with E-state index in [1.165, 1.54) is 11.3 Å². The molecule has 7 nitrogen and oxygen atoms in total. The van der Waals surface area contributed by atoms with Crippen LogP contribution in [0.4, 0.5) is 0 Å². The molecule has 1 aromatic carbocycles. The molecule has 1 aliphatic carbocycles. The van der Waals surface area contributed by atoms with E-state index in [1.807, 2.05) is 24.3 Å². The van der Waals surface area contributed by atoms with Crippen molar-refractivity contribution in [3.8, 4) is 0 Å². The average Bonchev–Trinajstić information content (AvgIpc) is 3.47. The summed E-state index contributed by atoms with van der Waals surface area (Å²) in [5, 5.41) is 6.94. The SMILES string of the molecule is O=C(CN1CCN(C(=O)CNC(=O)c2sc3ccccc3c2Cl)CC1)NC1CC1. The van der Waals surface area contributed by atoms with E-state index in [9.17, 15) is 14.4 Å². The molecular formula is C20H23ClN4O3S. The van der Waals surface area contributed by atoms with Gasteiger partial charge < -0.3 is 15.5 Å². The molecule has 0 unspecified atom stereocenters. The Kier molecular flexibility index (Phi) is 6.03. The molecule has 2 aliphatic rings. The summed E-state index contributed by atoms with van der Waals surface area (Å²) in [6, 6.07) is 7.93. The number of fused-ring (bicyclic) bond motifs is 1. The Morgan fingerprint density at radius 3 is 2.52 bits per heavy atom. The number of hydrogen-bond donors (Lipinski definition) is 2. The third-order valence-electron chi connectivity index (χ3n) is 5.18. The minimum absolute atomic E-state index is 0.0553. The van der Waals surface area contributed by atoms with Gasteiger partial charge >= 0.3 is 0 Å². The zero-order chi connectivity index (χ0) is 20.4. The molecule has 0 bridgehead atoms. The molecule has 0 radical (unpaired) electrons. The maximum Gasteiger partial charge on any atom is 0.263 e. The van der Waals surface area contributed by atoms with Crippen LogP contribution >= 0.6 is 22.9 Å². The quantitative estimate of drug-likeness (QED) is 0.725. The van der Waals surface area contributed by atoms with Gasteiger partial charge in [0, 0.05) is 42.3 Å². The van der Waals surface area contributed by atoms with Gasteiger partial charge in [-0.05, 0) is 18.9 Å². The Bertz CT molecular complexity index is 935. The minimum atomic E-state index is -0.333. The van der Waals surface area contributed by atoms with Crippen molar-refractivity contribution in [2.45, 2.75) is 18.9 Å². The molecule has 1 saturated heterocycles. The van der Waals surface area contributed by atoms with Gasteiger partial charge in [0.2, 0.25) is 11.8 Å². The van der Waals surface area contributed by atoms with Crippen molar-refractivity contribution in [1.29, 1.82) is 0 Å². The molecule has 1 aliphatic heterocycles. The number of rotatable bonds is 6. The molecule has 3 amide bonds. The van der Waals surface area contributed by atoms with Crippen molar-refractivity contribution < 1.29 is 14.4 Å². The van der Waals surface area contributed by atoms with Crippen LogP contribution < -0.4 is 10.6 Å². The van der Waals surface area contributed by atoms with Crippen LogP contribution in [0.2, 0.25) is 5.02 Å². The van der Waals surface area contributed by atoms with E-state index in [1.54, 1.807) is 4.90 Å². The molecule has 154 valence electrons. The Morgan fingerprint density at radius 1 is 1.10 bits per heavy atom. The van der Waals surface area contributed by atoms with Gasteiger partial charge in [0.15, 0.2) is 0 Å². The van der Waals surface area contributed by atoms with E-state index in [4.69, 9.17) is 11.6 Å². The number of nitrogens with zero attached hydrogens (tertiary/aromatic N) is 2. The van der Waals surface area contributed by atoms with E-state index in [0.29, 0.717) is 48.7 Å². The Morgan fingerprint density at radius 2 is 1.83 bits per heavy atom. The summed E-state index contributed by atoms with van der Waals surface area (Å²) in [7, 11) is 0. The normalized spacial score (nSPS) is 17.3. The zero-order valence-electron chi connectivity index (χ0n) is 15.9. The molecule has 9 heteroatoms. The minimum Gasteiger partial charge on any atom is -0.352 e. The smallest absolute Gasteiger partial charge is 0.263 e. The first-order valence-electron chi connectivity index (χ1n) is 9.76. The highest BCUT2D eigenvalue weighted by Gasteiger charge is 2.26. The summed E-state index contributed by atoms with van der Waals surface area (Å²) in [6.07, 6.45) is 2.15. The van der Waals surface area contributed by atoms with E-state index < -0.39 is 0 Å². The monoisotopic (exact) mass is 434 g/mol. The molecule has 4 rings (SSSR count). The molecule has 2 fully saturated rings. The second-order valence-corrected chi connectivity index (χ2v) is 8.85. The largest absolute Gasteiger partial charge is 0.352 e. The van der Waals surface area contributed by atoms with Crippen LogP contribution in [0.1, 0.15) is 22.5 Å². The summed E-state index contributed by atoms with van der Waals surface area (Å²) < 4.78 is 0.941. The Balaban J connectivity index is 1.24. The predicted molar refractivity (Wildman–Crippen MR) is 113 cm³/mol. The molecule has 29 heavy (non-hydrogen) atoms. The number of carbonyl (C=O) groups excluding carboxylic acids is 3. The van der Waals surface area contributed by atoms with Crippen LogP contribution in [-0.2, 0) is 9.59 Å². The number of amides is 3. The Hall–Kier alpha value is -2.16. The second-order valence-electron chi connectivity index (χ2n) is 7.42. The fourth-order valence-electron chi connectivity index (χ4n) is 3.37. The standard InChI is InChI=1S/C20H23ClN4O3S/c21-18-14-3-1-2-4-15(14)29-19(18)20(28)22-11-17(27)25-9-7-24(8-10-25)12-16(26)23-13-5-6-13/h1-4,13H,5-12H2,(H,22,28)(H,23,26). The van der Waals surface area contributed by atoms with Crippen LogP contribution in [0, 0.1) is 0 Å². The molecule has 2 N–H and O–H groups in total. The maximum atomic E-state index is 12.5. The topological polar surface area (TPSA) is 81.8 Å². The van der Waals surface area contributed by atoms with E-state index in [-0.39, 0.29) is 24.3 Å². The second kappa shape index (κ2) is 8.69. The van der Waals surface area contributed by atoms with Crippen LogP contribution in [0.15, 0.2) is 24.3 Å². The number of carbonyl (C=O) groups is 3. The molecule has 1 saturated carbocycles. The predicted octanol–water partition coefficient (Wildman–Crippen LogP) is 1.71. The van der Waals surface area contributed by atoms with Crippen LogP contribution in [0.3, 0.4) is 0 Å². The highest BCUT2D eigenvalue weighted by molar-refractivity contribution is 7.21. The van der Waals surface area contributed by atoms with E-state index in [0.717, 1.165) is 22.9 Å². The van der Waals surface area contributed by atoms with Crippen LogP contribution in [-0.4, -0.2) is 72.8 Å². The van der Waals surface area contributed by atoms with Crippen LogP contribution in [0.5, 0.6) is 0 Å². The molecule has 2 aromatic rings. The lowest BCUT2D eigenvalue weighted by atomic mass is 10.2. The highest BCUT2D eigenvalue weighted by Crippen LogP contribution is 2.34. The van der Waals surface area contributed by atoms with Crippen molar-refractivity contribution in [3.05, 3.63) is 34.2 Å². The Labute approximate surface area is 178 Å². The number of halogens is 1. The number of benzene rings is 1. The summed E-state index contributed by atoms with van der Waals surface area (Å²) in [6.45, 7) is 2.72. The number of hydrogen-bond acceptors (Lipinski definition) is 5. The van der Waals surface area contributed by atoms with Crippen molar-refractivity contribution in [3.63, 3.8) is 0 Å². The lowest BCUT2D eigenvalue weighted by Gasteiger charge is -2.34. The molecular weight excluding hydrogens is 412 g/mol. The number of thiophene rings is 1.